The van der Waals surface area contributed by atoms with Gasteiger partial charge < -0.3 is 19.5 Å². The van der Waals surface area contributed by atoms with Gasteiger partial charge in [-0.15, -0.1) is 0 Å². The first kappa shape index (κ1) is 31.7. The number of nitrogens with one attached hydrogen (secondary N) is 1. The maximum absolute atomic E-state index is 14.2. The van der Waals surface area contributed by atoms with Crippen molar-refractivity contribution < 1.29 is 19.0 Å². The number of benzene rings is 5. The summed E-state index contributed by atoms with van der Waals surface area (Å²) >= 11 is 1.28. The van der Waals surface area contributed by atoms with E-state index in [1.807, 2.05) is 97.1 Å². The molecule has 0 saturated heterocycles. The first-order valence-corrected chi connectivity index (χ1v) is 16.6. The van der Waals surface area contributed by atoms with Gasteiger partial charge in [0.2, 0.25) is 0 Å². The lowest BCUT2D eigenvalue weighted by Gasteiger charge is -2.25. The molecule has 1 atom stereocenters. The second-order valence-electron chi connectivity index (χ2n) is 11.5. The highest BCUT2D eigenvalue weighted by atomic mass is 32.1. The van der Waals surface area contributed by atoms with Gasteiger partial charge in [-0.05, 0) is 76.9 Å². The molecule has 1 aliphatic rings. The molecule has 0 fully saturated rings. The fourth-order valence-corrected chi connectivity index (χ4v) is 7.10. The van der Waals surface area contributed by atoms with E-state index in [2.05, 4.69) is 29.6 Å². The van der Waals surface area contributed by atoms with Gasteiger partial charge in [-0.3, -0.25) is 14.2 Å². The number of carbonyl (C=O) groups excluding carboxylic acids is 1. The Hall–Kier alpha value is -5.93. The van der Waals surface area contributed by atoms with Crippen LogP contribution in [-0.2, 0) is 11.4 Å². The fraction of sp³-hybridized carbons (Fsp3) is 0.125. The summed E-state index contributed by atoms with van der Waals surface area (Å²) in [6.07, 6.45) is 1.81. The van der Waals surface area contributed by atoms with Crippen molar-refractivity contribution in [3.05, 3.63) is 163 Å². The number of nitrogens with zero attached hydrogens (tertiary/aromatic N) is 2. The number of methoxy groups -OCH3 is 2. The average molecular weight is 668 g/mol. The molecular formula is C40H33N3O5S. The summed E-state index contributed by atoms with van der Waals surface area (Å²) in [5.41, 5.74) is 3.92. The maximum Gasteiger partial charge on any atom is 0.271 e. The number of fused-ring (bicyclic) bond motifs is 2. The largest absolute Gasteiger partial charge is 0.497 e. The summed E-state index contributed by atoms with van der Waals surface area (Å²) in [4.78, 5) is 33.3. The third-order valence-electron chi connectivity index (χ3n) is 8.48. The molecule has 0 aliphatic carbocycles. The summed E-state index contributed by atoms with van der Waals surface area (Å²) in [6, 6.07) is 35.9. The Bertz CT molecular complexity index is 2390. The van der Waals surface area contributed by atoms with Gasteiger partial charge in [-0.2, -0.15) is 0 Å². The van der Waals surface area contributed by atoms with Crippen molar-refractivity contribution >= 4 is 39.8 Å². The predicted molar refractivity (Wildman–Crippen MR) is 193 cm³/mol. The van der Waals surface area contributed by atoms with Gasteiger partial charge in [-0.25, -0.2) is 4.99 Å². The Morgan fingerprint density at radius 3 is 2.41 bits per heavy atom. The van der Waals surface area contributed by atoms with E-state index in [9.17, 15) is 9.59 Å². The topological polar surface area (TPSA) is 91.2 Å². The van der Waals surface area contributed by atoms with Crippen molar-refractivity contribution in [1.29, 1.82) is 0 Å². The predicted octanol–water partition coefficient (Wildman–Crippen LogP) is 6.62. The molecule has 7 rings (SSSR count). The van der Waals surface area contributed by atoms with Gasteiger partial charge in [0, 0.05) is 5.69 Å². The molecule has 244 valence electrons. The van der Waals surface area contributed by atoms with E-state index >= 15 is 0 Å². The molecule has 49 heavy (non-hydrogen) atoms. The van der Waals surface area contributed by atoms with Crippen LogP contribution in [0.1, 0.15) is 29.7 Å². The molecule has 5 aromatic carbocycles. The van der Waals surface area contributed by atoms with Crippen molar-refractivity contribution in [3.63, 3.8) is 0 Å². The van der Waals surface area contributed by atoms with Gasteiger partial charge >= 0.3 is 0 Å². The molecule has 1 N–H and O–H groups in total. The van der Waals surface area contributed by atoms with Gasteiger partial charge in [-0.1, -0.05) is 90.2 Å². The van der Waals surface area contributed by atoms with Crippen LogP contribution in [-0.4, -0.2) is 24.7 Å². The Morgan fingerprint density at radius 2 is 1.63 bits per heavy atom. The van der Waals surface area contributed by atoms with Gasteiger partial charge in [0.05, 0.1) is 36.1 Å². The zero-order chi connectivity index (χ0) is 33.9. The number of rotatable bonds is 9. The monoisotopic (exact) mass is 667 g/mol. The second-order valence-corrected chi connectivity index (χ2v) is 12.5. The third kappa shape index (κ3) is 6.36. The summed E-state index contributed by atoms with van der Waals surface area (Å²) in [5.74, 6) is 1.49. The Labute approximate surface area is 286 Å². The molecule has 1 aromatic heterocycles. The fourth-order valence-electron chi connectivity index (χ4n) is 6.05. The Balaban J connectivity index is 1.24. The van der Waals surface area contributed by atoms with Crippen LogP contribution in [0.5, 0.6) is 17.2 Å². The van der Waals surface area contributed by atoms with Crippen LogP contribution in [0.4, 0.5) is 5.69 Å². The smallest absolute Gasteiger partial charge is 0.271 e. The van der Waals surface area contributed by atoms with Crippen LogP contribution in [0, 0.1) is 0 Å². The zero-order valence-electron chi connectivity index (χ0n) is 27.2. The summed E-state index contributed by atoms with van der Waals surface area (Å²) < 4.78 is 19.4. The summed E-state index contributed by atoms with van der Waals surface area (Å²) in [6.45, 7) is 2.18. The van der Waals surface area contributed by atoms with Crippen molar-refractivity contribution in [2.75, 3.05) is 19.5 Å². The first-order chi connectivity index (χ1) is 23.9. The highest BCUT2D eigenvalue weighted by Crippen LogP contribution is 2.33. The normalized spacial score (nSPS) is 14.3. The molecule has 0 spiro atoms. The van der Waals surface area contributed by atoms with Crippen LogP contribution in [0.3, 0.4) is 0 Å². The number of hydrogen-bond acceptors (Lipinski definition) is 7. The standard InChI is InChI=1S/C40H33N3O5S/c1-25-36(38(44)42-30-13-5-4-6-14-30)37(28-17-19-31(46-2)20-18-28)43-39(45)35(49-40(43)41-25)23-26-16-21-33(34(22-26)47-3)48-24-29-12-9-11-27-10-7-8-15-32(27)29/h4-23,37H,24H2,1-3H3,(H,42,44)/b35-23+/t37-/m0/s1. The van der Waals surface area contributed by atoms with Crippen molar-refractivity contribution in [2.45, 2.75) is 19.6 Å². The number of amides is 1. The second kappa shape index (κ2) is 13.7. The average Bonchev–Trinajstić information content (AvgIpc) is 3.44. The lowest BCUT2D eigenvalue weighted by Crippen LogP contribution is -2.40. The summed E-state index contributed by atoms with van der Waals surface area (Å²) in [5, 5.41) is 5.27. The van der Waals surface area contributed by atoms with E-state index in [1.165, 1.54) is 11.3 Å². The van der Waals surface area contributed by atoms with E-state index in [4.69, 9.17) is 19.2 Å². The quantitative estimate of drug-likeness (QED) is 0.187. The summed E-state index contributed by atoms with van der Waals surface area (Å²) in [7, 11) is 3.19. The lowest BCUT2D eigenvalue weighted by molar-refractivity contribution is -0.113. The van der Waals surface area contributed by atoms with E-state index in [1.54, 1.807) is 25.7 Å². The molecule has 9 heteroatoms. The van der Waals surface area contributed by atoms with Crippen molar-refractivity contribution in [3.8, 4) is 17.2 Å². The molecule has 0 unspecified atom stereocenters. The molecule has 8 nitrogen and oxygen atoms in total. The number of carbonyl (C=O) groups is 1. The van der Waals surface area contributed by atoms with E-state index in [0.29, 0.717) is 50.1 Å². The van der Waals surface area contributed by atoms with Crippen LogP contribution in [0.25, 0.3) is 16.8 Å². The number of allylic oxidation sites excluding steroid dienone is 1. The van der Waals surface area contributed by atoms with E-state index < -0.39 is 6.04 Å². The molecule has 0 saturated carbocycles. The van der Waals surface area contributed by atoms with Gasteiger partial charge in [0.15, 0.2) is 16.3 Å². The van der Waals surface area contributed by atoms with Crippen LogP contribution in [0.2, 0.25) is 0 Å². The highest BCUT2D eigenvalue weighted by molar-refractivity contribution is 7.07. The maximum atomic E-state index is 14.2. The number of ether oxygens (including phenoxy) is 3. The van der Waals surface area contributed by atoms with Crippen molar-refractivity contribution in [2.24, 2.45) is 4.99 Å². The van der Waals surface area contributed by atoms with Crippen LogP contribution < -0.4 is 34.4 Å². The van der Waals surface area contributed by atoms with Crippen LogP contribution in [0.15, 0.2) is 136 Å². The lowest BCUT2D eigenvalue weighted by atomic mass is 9.95. The Morgan fingerprint density at radius 1 is 0.878 bits per heavy atom. The minimum Gasteiger partial charge on any atom is -0.497 e. The molecule has 6 aromatic rings. The molecule has 1 aliphatic heterocycles. The molecule has 0 bridgehead atoms. The SMILES string of the molecule is COc1ccc([C@H]2C(C(=O)Nc3ccccc3)=C(C)N=c3s/c(=C/c4ccc(OCc5cccc6ccccc56)c(OC)c4)c(=O)n32)cc1. The number of thiazole rings is 1. The first-order valence-electron chi connectivity index (χ1n) is 15.7. The van der Waals surface area contributed by atoms with E-state index in [-0.39, 0.29) is 11.5 Å². The molecule has 2 heterocycles. The van der Waals surface area contributed by atoms with Crippen molar-refractivity contribution in [1.82, 2.24) is 4.57 Å². The minimum atomic E-state index is -0.701. The third-order valence-corrected chi connectivity index (χ3v) is 9.46. The highest BCUT2D eigenvalue weighted by Gasteiger charge is 2.32. The molecule has 0 radical (unpaired) electrons. The Kier molecular flexibility index (Phi) is 8.83. The number of aromatic nitrogens is 1. The minimum absolute atomic E-state index is 0.252. The van der Waals surface area contributed by atoms with Gasteiger partial charge in [0.1, 0.15) is 12.4 Å². The zero-order valence-corrected chi connectivity index (χ0v) is 28.0. The van der Waals surface area contributed by atoms with E-state index in [0.717, 1.165) is 27.5 Å². The van der Waals surface area contributed by atoms with Gasteiger partial charge in [0.25, 0.3) is 11.5 Å². The number of para-hydroxylation sites is 1. The van der Waals surface area contributed by atoms with Crippen LogP contribution >= 0.6 is 11.3 Å². The number of hydrogen-bond donors (Lipinski definition) is 1. The molecule has 1 amide bonds. The number of anilines is 1. The molecular weight excluding hydrogens is 635 g/mol.